The topological polar surface area (TPSA) is 33.0 Å². The SMILES string of the molecule is CCOC=C(C)C#N. The predicted octanol–water partition coefficient (Wildman–Crippen LogP) is 1.45. The molecule has 0 bridgehead atoms. The summed E-state index contributed by atoms with van der Waals surface area (Å²) in [7, 11) is 0. The zero-order chi connectivity index (χ0) is 6.41. The molecule has 2 heteroatoms. The van der Waals surface area contributed by atoms with E-state index in [1.54, 1.807) is 6.92 Å². The normalized spacial score (nSPS) is 10.4. The van der Waals surface area contributed by atoms with Gasteiger partial charge in [-0.15, -0.1) is 0 Å². The second-order valence-corrected chi connectivity index (χ2v) is 1.37. The average Bonchev–Trinajstić information content (AvgIpc) is 1.83. The van der Waals surface area contributed by atoms with Gasteiger partial charge in [0, 0.05) is 0 Å². The fraction of sp³-hybridized carbons (Fsp3) is 0.500. The van der Waals surface area contributed by atoms with Crippen molar-refractivity contribution in [3.63, 3.8) is 0 Å². The molecule has 0 radical (unpaired) electrons. The van der Waals surface area contributed by atoms with Gasteiger partial charge in [-0.25, -0.2) is 0 Å². The first-order valence-corrected chi connectivity index (χ1v) is 2.49. The Kier molecular flexibility index (Phi) is 3.69. The van der Waals surface area contributed by atoms with Gasteiger partial charge in [-0.2, -0.15) is 5.26 Å². The van der Waals surface area contributed by atoms with E-state index in [1.807, 2.05) is 13.0 Å². The first-order valence-electron chi connectivity index (χ1n) is 2.49. The zero-order valence-corrected chi connectivity index (χ0v) is 5.14. The lowest BCUT2D eigenvalue weighted by atomic mass is 10.4. The smallest absolute Gasteiger partial charge is 0.0976 e. The molecule has 0 aromatic heterocycles. The molecule has 0 aromatic rings. The summed E-state index contributed by atoms with van der Waals surface area (Å²) in [5, 5.41) is 8.16. The Morgan fingerprint density at radius 1 is 1.88 bits per heavy atom. The van der Waals surface area contributed by atoms with Crippen molar-refractivity contribution in [2.45, 2.75) is 13.8 Å². The molecule has 0 rings (SSSR count). The number of hydrogen-bond acceptors (Lipinski definition) is 2. The van der Waals surface area contributed by atoms with Crippen molar-refractivity contribution < 1.29 is 4.74 Å². The minimum atomic E-state index is 0.604. The van der Waals surface area contributed by atoms with Crippen LogP contribution in [0.15, 0.2) is 11.8 Å². The van der Waals surface area contributed by atoms with E-state index in [9.17, 15) is 0 Å². The highest BCUT2D eigenvalue weighted by Crippen LogP contribution is 1.87. The molecule has 0 N–H and O–H groups in total. The second kappa shape index (κ2) is 4.20. The van der Waals surface area contributed by atoms with E-state index in [1.165, 1.54) is 6.26 Å². The molecular weight excluding hydrogens is 102 g/mol. The van der Waals surface area contributed by atoms with E-state index in [-0.39, 0.29) is 0 Å². The molecule has 2 nitrogen and oxygen atoms in total. The molecule has 0 aliphatic carbocycles. The minimum Gasteiger partial charge on any atom is -0.500 e. The lowest BCUT2D eigenvalue weighted by Crippen LogP contribution is -1.78. The lowest BCUT2D eigenvalue weighted by Gasteiger charge is -1.90. The van der Waals surface area contributed by atoms with Gasteiger partial charge >= 0.3 is 0 Å². The third-order valence-corrected chi connectivity index (χ3v) is 0.603. The molecule has 44 valence electrons. The summed E-state index contributed by atoms with van der Waals surface area (Å²) in [4.78, 5) is 0. The van der Waals surface area contributed by atoms with Crippen molar-refractivity contribution in [2.75, 3.05) is 6.61 Å². The standard InChI is InChI=1S/C6H9NO/c1-3-8-5-6(2)4-7/h5H,3H2,1-2H3. The van der Waals surface area contributed by atoms with Gasteiger partial charge in [0.15, 0.2) is 0 Å². The van der Waals surface area contributed by atoms with Crippen LogP contribution in [0.4, 0.5) is 0 Å². The predicted molar refractivity (Wildman–Crippen MR) is 31.0 cm³/mol. The highest BCUT2D eigenvalue weighted by Gasteiger charge is 1.79. The van der Waals surface area contributed by atoms with Gasteiger partial charge in [-0.1, -0.05) is 0 Å². The maximum absolute atomic E-state index is 8.16. The second-order valence-electron chi connectivity index (χ2n) is 1.37. The average molecular weight is 111 g/mol. The van der Waals surface area contributed by atoms with Crippen LogP contribution in [-0.4, -0.2) is 6.61 Å². The van der Waals surface area contributed by atoms with Crippen LogP contribution in [0.3, 0.4) is 0 Å². The summed E-state index contributed by atoms with van der Waals surface area (Å²) < 4.78 is 4.80. The highest BCUT2D eigenvalue weighted by molar-refractivity contribution is 5.14. The van der Waals surface area contributed by atoms with E-state index in [4.69, 9.17) is 10.00 Å². The number of nitriles is 1. The van der Waals surface area contributed by atoms with Crippen molar-refractivity contribution in [1.29, 1.82) is 5.26 Å². The molecule has 0 heterocycles. The van der Waals surface area contributed by atoms with Gasteiger partial charge in [0.2, 0.25) is 0 Å². The Labute approximate surface area is 49.4 Å². The molecule has 0 aliphatic rings. The largest absolute Gasteiger partial charge is 0.500 e. The van der Waals surface area contributed by atoms with Crippen LogP contribution >= 0.6 is 0 Å². The first-order chi connectivity index (χ1) is 3.81. The van der Waals surface area contributed by atoms with Gasteiger partial charge in [0.05, 0.1) is 24.5 Å². The Morgan fingerprint density at radius 3 is 2.88 bits per heavy atom. The lowest BCUT2D eigenvalue weighted by molar-refractivity contribution is 0.267. The number of ether oxygens (including phenoxy) is 1. The van der Waals surface area contributed by atoms with E-state index < -0.39 is 0 Å². The Morgan fingerprint density at radius 2 is 2.50 bits per heavy atom. The van der Waals surface area contributed by atoms with E-state index in [0.29, 0.717) is 12.2 Å². The molecule has 0 fully saturated rings. The van der Waals surface area contributed by atoms with Crippen molar-refractivity contribution in [3.05, 3.63) is 11.8 Å². The van der Waals surface area contributed by atoms with Crippen molar-refractivity contribution >= 4 is 0 Å². The van der Waals surface area contributed by atoms with Gasteiger partial charge in [-0.3, -0.25) is 0 Å². The highest BCUT2D eigenvalue weighted by atomic mass is 16.5. The Hall–Kier alpha value is -0.970. The molecule has 0 amide bonds. The summed E-state index contributed by atoms with van der Waals surface area (Å²) in [6, 6.07) is 1.94. The summed E-state index contributed by atoms with van der Waals surface area (Å²) in [5.41, 5.74) is 0.604. The number of rotatable bonds is 2. The third kappa shape index (κ3) is 3.23. The molecule has 0 saturated carbocycles. The van der Waals surface area contributed by atoms with Gasteiger partial charge in [-0.05, 0) is 13.8 Å². The zero-order valence-electron chi connectivity index (χ0n) is 5.14. The van der Waals surface area contributed by atoms with E-state index >= 15 is 0 Å². The molecule has 0 aliphatic heterocycles. The minimum absolute atomic E-state index is 0.604. The maximum Gasteiger partial charge on any atom is 0.0976 e. The van der Waals surface area contributed by atoms with E-state index in [0.717, 1.165) is 0 Å². The molecule has 0 aromatic carbocycles. The Balaban J connectivity index is 3.46. The molecule has 0 atom stereocenters. The summed E-state index contributed by atoms with van der Waals surface area (Å²) >= 11 is 0. The van der Waals surface area contributed by atoms with Gasteiger partial charge in [0.1, 0.15) is 0 Å². The van der Waals surface area contributed by atoms with Crippen molar-refractivity contribution in [3.8, 4) is 6.07 Å². The van der Waals surface area contributed by atoms with Crippen LogP contribution < -0.4 is 0 Å². The van der Waals surface area contributed by atoms with Gasteiger partial charge < -0.3 is 4.74 Å². The summed E-state index contributed by atoms with van der Waals surface area (Å²) in [6.07, 6.45) is 1.46. The molecule has 0 unspecified atom stereocenters. The first kappa shape index (κ1) is 7.03. The van der Waals surface area contributed by atoms with Crippen molar-refractivity contribution in [2.24, 2.45) is 0 Å². The van der Waals surface area contributed by atoms with Crippen LogP contribution in [0.1, 0.15) is 13.8 Å². The summed E-state index contributed by atoms with van der Waals surface area (Å²) in [5.74, 6) is 0. The van der Waals surface area contributed by atoms with Gasteiger partial charge in [0.25, 0.3) is 0 Å². The Bertz CT molecular complexity index is 121. The van der Waals surface area contributed by atoms with Crippen LogP contribution in [0.2, 0.25) is 0 Å². The number of allylic oxidation sites excluding steroid dienone is 1. The molecule has 0 spiro atoms. The molecular formula is C6H9NO. The maximum atomic E-state index is 8.16. The van der Waals surface area contributed by atoms with E-state index in [2.05, 4.69) is 0 Å². The molecule has 8 heavy (non-hydrogen) atoms. The van der Waals surface area contributed by atoms with Crippen LogP contribution in [0.5, 0.6) is 0 Å². The van der Waals surface area contributed by atoms with Crippen LogP contribution in [0, 0.1) is 11.3 Å². The monoisotopic (exact) mass is 111 g/mol. The fourth-order valence-corrected chi connectivity index (χ4v) is 0.235. The fourth-order valence-electron chi connectivity index (χ4n) is 0.235. The van der Waals surface area contributed by atoms with Crippen LogP contribution in [0.25, 0.3) is 0 Å². The number of nitrogens with zero attached hydrogens (tertiary/aromatic N) is 1. The summed E-state index contributed by atoms with van der Waals surface area (Å²) in [6.45, 7) is 4.20. The van der Waals surface area contributed by atoms with Crippen molar-refractivity contribution in [1.82, 2.24) is 0 Å². The molecule has 0 saturated heterocycles. The third-order valence-electron chi connectivity index (χ3n) is 0.603. The number of hydrogen-bond donors (Lipinski definition) is 0. The quantitative estimate of drug-likeness (QED) is 0.399. The van der Waals surface area contributed by atoms with Crippen LogP contribution in [-0.2, 0) is 4.74 Å².